The van der Waals surface area contributed by atoms with Crippen LogP contribution in [0.1, 0.15) is 58.8 Å². The van der Waals surface area contributed by atoms with Gasteiger partial charge >= 0.3 is 0 Å². The van der Waals surface area contributed by atoms with Gasteiger partial charge in [-0.05, 0) is 63.4 Å². The van der Waals surface area contributed by atoms with Crippen LogP contribution in [0.2, 0.25) is 0 Å². The van der Waals surface area contributed by atoms with Crippen LogP contribution < -0.4 is 5.73 Å². The van der Waals surface area contributed by atoms with Gasteiger partial charge in [-0.1, -0.05) is 43.4 Å². The summed E-state index contributed by atoms with van der Waals surface area (Å²) in [6.45, 7) is 9.85. The van der Waals surface area contributed by atoms with Crippen molar-refractivity contribution in [1.82, 2.24) is 0 Å². The molecule has 2 aliphatic carbocycles. The van der Waals surface area contributed by atoms with Crippen LogP contribution in [0.3, 0.4) is 0 Å². The summed E-state index contributed by atoms with van der Waals surface area (Å²) in [5.41, 5.74) is 7.95. The molecule has 2 nitrogen and oxygen atoms in total. The van der Waals surface area contributed by atoms with Gasteiger partial charge in [0.1, 0.15) is 0 Å². The second-order valence-electron chi connectivity index (χ2n) is 8.56. The summed E-state index contributed by atoms with van der Waals surface area (Å²) in [4.78, 5) is 4.36. The number of aliphatic imine (C=N–C) groups is 1. The lowest BCUT2D eigenvalue weighted by atomic mass is 9.66. The molecule has 142 valence electrons. The van der Waals surface area contributed by atoms with E-state index in [9.17, 15) is 0 Å². The van der Waals surface area contributed by atoms with Gasteiger partial charge in [0.25, 0.3) is 0 Å². The van der Waals surface area contributed by atoms with Crippen molar-refractivity contribution in [3.8, 4) is 0 Å². The first-order chi connectivity index (χ1) is 12.6. The van der Waals surface area contributed by atoms with Crippen LogP contribution in [-0.4, -0.2) is 18.3 Å². The zero-order valence-corrected chi connectivity index (χ0v) is 16.7. The highest BCUT2D eigenvalue weighted by molar-refractivity contribution is 5.98. The van der Waals surface area contributed by atoms with E-state index in [1.165, 1.54) is 25.0 Å². The summed E-state index contributed by atoms with van der Waals surface area (Å²) in [5.74, 6) is 1.37. The van der Waals surface area contributed by atoms with E-state index >= 15 is 0 Å². The van der Waals surface area contributed by atoms with Crippen molar-refractivity contribution in [2.45, 2.75) is 64.8 Å². The first kappa shape index (κ1) is 19.4. The molecule has 26 heavy (non-hydrogen) atoms. The topological polar surface area (TPSA) is 38.4 Å². The van der Waals surface area contributed by atoms with Crippen LogP contribution in [0.25, 0.3) is 0 Å². The van der Waals surface area contributed by atoms with Crippen molar-refractivity contribution in [2.24, 2.45) is 33.4 Å². The summed E-state index contributed by atoms with van der Waals surface area (Å²) in [5, 5.41) is 0. The maximum absolute atomic E-state index is 6.54. The fourth-order valence-corrected chi connectivity index (χ4v) is 5.31. The number of allylic oxidation sites excluding steroid dienone is 6. The highest BCUT2D eigenvalue weighted by Gasteiger charge is 2.69. The average molecular weight is 353 g/mol. The van der Waals surface area contributed by atoms with Crippen molar-refractivity contribution in [3.05, 3.63) is 49.1 Å². The number of nitrogens with zero attached hydrogens (tertiary/aromatic N) is 1. The van der Waals surface area contributed by atoms with Crippen LogP contribution in [0.15, 0.2) is 54.1 Å². The molecule has 0 aromatic rings. The fourth-order valence-electron chi connectivity index (χ4n) is 5.31. The Morgan fingerprint density at radius 1 is 1.35 bits per heavy atom. The third-order valence-electron chi connectivity index (χ3n) is 7.22. The number of hydrogen-bond donors (Lipinski definition) is 1. The largest absolute Gasteiger partial charge is 0.327 e. The molecule has 3 rings (SSSR count). The number of hydrogen-bond acceptors (Lipinski definition) is 2. The van der Waals surface area contributed by atoms with Gasteiger partial charge in [0.2, 0.25) is 0 Å². The van der Waals surface area contributed by atoms with Gasteiger partial charge in [0.15, 0.2) is 0 Å². The smallest absolute Gasteiger partial charge is 0.0447 e. The first-order valence-corrected chi connectivity index (χ1v) is 10.5. The molecule has 2 heteroatoms. The lowest BCUT2D eigenvalue weighted by Gasteiger charge is -2.40. The number of fused-ring (bicyclic) bond motifs is 1. The second-order valence-corrected chi connectivity index (χ2v) is 8.56. The minimum absolute atomic E-state index is 0.00817. The molecule has 5 atom stereocenters. The normalized spacial score (nSPS) is 40.0. The van der Waals surface area contributed by atoms with Gasteiger partial charge in [-0.3, -0.25) is 4.99 Å². The summed E-state index contributed by atoms with van der Waals surface area (Å²) in [7, 11) is 0. The Morgan fingerprint density at radius 3 is 2.77 bits per heavy atom. The molecule has 0 radical (unpaired) electrons. The minimum atomic E-state index is -0.00817. The minimum Gasteiger partial charge on any atom is -0.327 e. The zero-order valence-electron chi connectivity index (χ0n) is 16.7. The maximum atomic E-state index is 6.54. The molecular weight excluding hydrogens is 316 g/mol. The van der Waals surface area contributed by atoms with E-state index in [4.69, 9.17) is 5.73 Å². The van der Waals surface area contributed by atoms with E-state index in [1.807, 2.05) is 0 Å². The Labute approximate surface area is 160 Å². The van der Waals surface area contributed by atoms with E-state index in [2.05, 4.69) is 68.0 Å². The molecule has 2 N–H and O–H groups in total. The van der Waals surface area contributed by atoms with Gasteiger partial charge in [-0.2, -0.15) is 0 Å². The molecule has 1 aliphatic heterocycles. The molecule has 1 heterocycles. The quantitative estimate of drug-likeness (QED) is 0.468. The standard InChI is InChI=1S/C24H36N2/c1-4-24-21(22(24)15-11-8-9-13-20-16-18-26-20)14-10-6-5-7-12-17-23(24,3)19(2)25/h4,6,9-10,12-13,17,19,21-22H,1,5,7-8,11,14-16,18,25H2,2-3H3/b10-6-,13-9+,17-12-. The molecule has 0 amide bonds. The Bertz CT molecular complexity index is 624. The van der Waals surface area contributed by atoms with Crippen molar-refractivity contribution in [1.29, 1.82) is 0 Å². The average Bonchev–Trinajstić information content (AvgIpc) is 3.23. The van der Waals surface area contributed by atoms with E-state index in [-0.39, 0.29) is 16.9 Å². The number of unbranched alkanes of at least 4 members (excludes halogenated alkanes) is 1. The predicted molar refractivity (Wildman–Crippen MR) is 113 cm³/mol. The first-order valence-electron chi connectivity index (χ1n) is 10.5. The van der Waals surface area contributed by atoms with Gasteiger partial charge in [0.05, 0.1) is 0 Å². The van der Waals surface area contributed by atoms with E-state index in [0.29, 0.717) is 11.8 Å². The Kier molecular flexibility index (Phi) is 6.02. The highest BCUT2D eigenvalue weighted by atomic mass is 14.8. The monoisotopic (exact) mass is 352 g/mol. The van der Waals surface area contributed by atoms with Gasteiger partial charge in [0, 0.05) is 35.5 Å². The van der Waals surface area contributed by atoms with Crippen LogP contribution in [0.5, 0.6) is 0 Å². The molecule has 0 aromatic carbocycles. The molecule has 3 aliphatic rings. The third-order valence-corrected chi connectivity index (χ3v) is 7.22. The molecule has 0 saturated heterocycles. The maximum Gasteiger partial charge on any atom is 0.0447 e. The molecule has 1 fully saturated rings. The van der Waals surface area contributed by atoms with Crippen molar-refractivity contribution in [3.63, 3.8) is 0 Å². The molecule has 0 aromatic heterocycles. The Morgan fingerprint density at radius 2 is 2.12 bits per heavy atom. The molecular formula is C24H36N2. The van der Waals surface area contributed by atoms with Crippen LogP contribution in [0.4, 0.5) is 0 Å². The van der Waals surface area contributed by atoms with Crippen molar-refractivity contribution >= 4 is 5.71 Å². The SMILES string of the molecule is C=CC12C(C/C=C\CC/C=C\C1(C)C(C)N)C2CCC/C=C/C1=NCC1. The molecule has 0 spiro atoms. The van der Waals surface area contributed by atoms with E-state index in [0.717, 1.165) is 32.2 Å². The van der Waals surface area contributed by atoms with Gasteiger partial charge in [-0.25, -0.2) is 0 Å². The van der Waals surface area contributed by atoms with Crippen LogP contribution in [0, 0.1) is 22.7 Å². The predicted octanol–water partition coefficient (Wildman–Crippen LogP) is 5.63. The zero-order chi connectivity index (χ0) is 18.6. The van der Waals surface area contributed by atoms with E-state index in [1.54, 1.807) is 0 Å². The summed E-state index contributed by atoms with van der Waals surface area (Å²) in [6.07, 6.45) is 24.5. The summed E-state index contributed by atoms with van der Waals surface area (Å²) < 4.78 is 0. The van der Waals surface area contributed by atoms with E-state index < -0.39 is 0 Å². The van der Waals surface area contributed by atoms with Crippen molar-refractivity contribution < 1.29 is 0 Å². The highest BCUT2D eigenvalue weighted by Crippen LogP contribution is 2.72. The molecule has 0 bridgehead atoms. The fraction of sp³-hybridized carbons (Fsp3) is 0.625. The van der Waals surface area contributed by atoms with Crippen LogP contribution in [-0.2, 0) is 0 Å². The lowest BCUT2D eigenvalue weighted by molar-refractivity contribution is 0.204. The number of rotatable bonds is 7. The second kappa shape index (κ2) is 8.08. The van der Waals surface area contributed by atoms with Crippen LogP contribution >= 0.6 is 0 Å². The number of nitrogens with two attached hydrogens (primary N) is 1. The molecule has 1 saturated carbocycles. The Hall–Kier alpha value is -1.41. The third kappa shape index (κ3) is 3.41. The summed E-state index contributed by atoms with van der Waals surface area (Å²) >= 11 is 0. The summed E-state index contributed by atoms with van der Waals surface area (Å²) in [6, 6.07) is 0.129. The molecule has 5 unspecified atom stereocenters. The van der Waals surface area contributed by atoms with Gasteiger partial charge < -0.3 is 5.73 Å². The Balaban J connectivity index is 1.72. The van der Waals surface area contributed by atoms with Gasteiger partial charge in [-0.15, -0.1) is 6.58 Å². The van der Waals surface area contributed by atoms with Crippen molar-refractivity contribution in [2.75, 3.05) is 6.54 Å². The lowest BCUT2D eigenvalue weighted by Crippen LogP contribution is -2.43.